The van der Waals surface area contributed by atoms with Gasteiger partial charge in [-0.15, -0.1) is 0 Å². The first-order chi connectivity index (χ1) is 26.7. The van der Waals surface area contributed by atoms with Crippen molar-refractivity contribution in [2.75, 3.05) is 13.2 Å². The highest BCUT2D eigenvalue weighted by molar-refractivity contribution is 7.91. The summed E-state index contributed by atoms with van der Waals surface area (Å²) in [7, 11) is -3.86. The number of fused-ring (bicyclic) bond motifs is 6. The smallest absolute Gasteiger partial charge is 0.426 e. The van der Waals surface area contributed by atoms with Crippen molar-refractivity contribution in [2.45, 2.75) is 121 Å². The average molecular weight is 792 g/mol. The molecule has 2 aromatic carbocycles. The van der Waals surface area contributed by atoms with Crippen LogP contribution < -0.4 is 20.2 Å². The van der Waals surface area contributed by atoms with E-state index in [9.17, 15) is 27.6 Å². The molecule has 4 bridgehead atoms. The Kier molecular flexibility index (Phi) is 11.1. The number of benzene rings is 2. The normalized spacial score (nSPS) is 26.5. The van der Waals surface area contributed by atoms with E-state index in [0.717, 1.165) is 53.7 Å². The molecule has 1 aliphatic heterocycles. The maximum atomic E-state index is 14.6. The van der Waals surface area contributed by atoms with E-state index in [4.69, 9.17) is 14.3 Å². The molecule has 5 aliphatic rings. The van der Waals surface area contributed by atoms with Crippen molar-refractivity contribution in [1.29, 1.82) is 0 Å². The lowest BCUT2D eigenvalue weighted by Crippen LogP contribution is -2.55. The molecule has 15 heteroatoms. The molecule has 14 nitrogen and oxygen atoms in total. The van der Waals surface area contributed by atoms with Crippen LogP contribution in [0.1, 0.15) is 109 Å². The van der Waals surface area contributed by atoms with Gasteiger partial charge in [0.05, 0.1) is 23.7 Å². The minimum atomic E-state index is -3.86. The van der Waals surface area contributed by atoms with E-state index < -0.39 is 68.2 Å². The van der Waals surface area contributed by atoms with Crippen molar-refractivity contribution in [2.24, 2.45) is 22.9 Å². The molecular weight excluding hydrogens is 739 g/mol. The molecular formula is C41H53N5O9S. The lowest BCUT2D eigenvalue weighted by molar-refractivity contribution is -0.144. The number of rotatable bonds is 7. The monoisotopic (exact) mass is 791 g/mol. The van der Waals surface area contributed by atoms with Gasteiger partial charge in [0.1, 0.15) is 28.7 Å². The van der Waals surface area contributed by atoms with Gasteiger partial charge in [0, 0.05) is 17.7 Å². The summed E-state index contributed by atoms with van der Waals surface area (Å²) in [6, 6.07) is 13.8. The summed E-state index contributed by atoms with van der Waals surface area (Å²) >= 11 is 0. The number of oxime groups is 1. The minimum absolute atomic E-state index is 0.0891. The van der Waals surface area contributed by atoms with Gasteiger partial charge >= 0.3 is 6.09 Å². The highest BCUT2D eigenvalue weighted by Gasteiger charge is 2.62. The number of carbonyl (C=O) groups excluding carboxylic acids is 4. The molecule has 0 unspecified atom stereocenters. The van der Waals surface area contributed by atoms with Gasteiger partial charge in [-0.2, -0.15) is 0 Å². The van der Waals surface area contributed by atoms with Crippen LogP contribution in [0, 0.1) is 17.8 Å². The number of hydrogen-bond acceptors (Lipinski definition) is 10. The topological polar surface area (TPSA) is 182 Å². The zero-order valence-corrected chi connectivity index (χ0v) is 33.4. The third kappa shape index (κ3) is 8.52. The van der Waals surface area contributed by atoms with Crippen LogP contribution in [0.25, 0.3) is 11.1 Å². The number of sulfonamides is 1. The fraction of sp³-hybridized carbons (Fsp3) is 0.585. The molecule has 4 amide bonds. The average Bonchev–Trinajstić information content (AvgIpc) is 4.06. The van der Waals surface area contributed by atoms with E-state index in [1.165, 1.54) is 5.01 Å². The zero-order chi connectivity index (χ0) is 39.8. The lowest BCUT2D eigenvalue weighted by Gasteiger charge is -2.30. The molecule has 0 spiro atoms. The number of carbonyl (C=O) groups is 4. The number of hydrogen-bond donors (Lipinski definition) is 3. The van der Waals surface area contributed by atoms with Crippen molar-refractivity contribution < 1.29 is 41.9 Å². The Morgan fingerprint density at radius 2 is 1.68 bits per heavy atom. The van der Waals surface area contributed by atoms with Crippen LogP contribution in [-0.2, 0) is 34.0 Å². The predicted molar refractivity (Wildman–Crippen MR) is 208 cm³/mol. The molecule has 1 heterocycles. The third-order valence-electron chi connectivity index (χ3n) is 11.4. The number of amides is 4. The van der Waals surface area contributed by atoms with Gasteiger partial charge in [-0.05, 0) is 101 Å². The van der Waals surface area contributed by atoms with Gasteiger partial charge in [-0.3, -0.25) is 24.1 Å². The van der Waals surface area contributed by atoms with E-state index in [-0.39, 0.29) is 31.7 Å². The molecule has 3 saturated carbocycles. The summed E-state index contributed by atoms with van der Waals surface area (Å²) < 4.78 is 39.4. The third-order valence-corrected chi connectivity index (χ3v) is 13.2. The molecule has 302 valence electrons. The number of ether oxygens (including phenoxy) is 2. The van der Waals surface area contributed by atoms with Crippen LogP contribution >= 0.6 is 0 Å². The number of hydrazine groups is 1. The Morgan fingerprint density at radius 1 is 0.964 bits per heavy atom. The maximum absolute atomic E-state index is 14.6. The highest BCUT2D eigenvalue weighted by atomic mass is 32.2. The quantitative estimate of drug-likeness (QED) is 0.285. The summed E-state index contributed by atoms with van der Waals surface area (Å²) in [6.45, 7) is 7.79. The molecule has 5 atom stereocenters. The van der Waals surface area contributed by atoms with Crippen LogP contribution in [0.2, 0.25) is 0 Å². The molecule has 0 saturated heterocycles. The van der Waals surface area contributed by atoms with Gasteiger partial charge in [-0.25, -0.2) is 18.6 Å². The van der Waals surface area contributed by atoms with Crippen LogP contribution in [0.4, 0.5) is 4.79 Å². The summed E-state index contributed by atoms with van der Waals surface area (Å²) in [5.41, 5.74) is 4.73. The second-order valence-corrected chi connectivity index (χ2v) is 18.7. The molecule has 4 aliphatic carbocycles. The number of nitrogens with zero attached hydrogens (tertiary/aromatic N) is 2. The predicted octanol–water partition coefficient (Wildman–Crippen LogP) is 5.34. The summed E-state index contributed by atoms with van der Waals surface area (Å²) in [5.74, 6) is -3.30. The van der Waals surface area contributed by atoms with E-state index >= 15 is 0 Å². The largest absolute Gasteiger partial charge is 0.494 e. The Bertz CT molecular complexity index is 2010. The molecule has 3 N–H and O–H groups in total. The van der Waals surface area contributed by atoms with E-state index in [0.29, 0.717) is 38.0 Å². The lowest BCUT2D eigenvalue weighted by atomic mass is 9.93. The van der Waals surface area contributed by atoms with E-state index in [2.05, 4.69) is 20.6 Å². The van der Waals surface area contributed by atoms with Crippen LogP contribution in [0.5, 0.6) is 5.75 Å². The fourth-order valence-electron chi connectivity index (χ4n) is 8.21. The molecule has 2 aromatic rings. The minimum Gasteiger partial charge on any atom is -0.494 e. The van der Waals surface area contributed by atoms with Crippen molar-refractivity contribution in [3.05, 3.63) is 53.6 Å². The van der Waals surface area contributed by atoms with Gasteiger partial charge in [0.15, 0.2) is 0 Å². The highest BCUT2D eigenvalue weighted by Crippen LogP contribution is 2.48. The first kappa shape index (κ1) is 39.6. The standard InChI is InChI=1S/C41H53N5O9S/c1-5-25-24-41(25,38(49)45-56(51,52)28-16-17-28)42-36(47)33-22-27-23-34(33)37(48)46(43-39(50)54-40(2,3)4)19-11-7-6-8-12-20-53-26-15-18-30-29-13-9-10-14-31(29)35(44-55-27)32(30)21-26/h9-10,13-15,18,21,25,27-28,33-34H,5-8,11-12,16-17,19-20,22-24H2,1-4H3,(H,42,47)(H,43,50)(H,45,49)/t25-,27-,33-,34-,41-/m1/s1. The van der Waals surface area contributed by atoms with Crippen LogP contribution in [0.15, 0.2) is 47.6 Å². The van der Waals surface area contributed by atoms with Gasteiger partial charge in [0.25, 0.3) is 5.91 Å². The van der Waals surface area contributed by atoms with Gasteiger partial charge < -0.3 is 19.6 Å². The summed E-state index contributed by atoms with van der Waals surface area (Å²) in [4.78, 5) is 61.9. The van der Waals surface area contributed by atoms with Crippen molar-refractivity contribution in [3.8, 4) is 16.9 Å². The Balaban J connectivity index is 1.20. The molecule has 3 fully saturated rings. The van der Waals surface area contributed by atoms with E-state index in [1.54, 1.807) is 20.8 Å². The summed E-state index contributed by atoms with van der Waals surface area (Å²) in [5, 5.41) is 8.22. The van der Waals surface area contributed by atoms with Gasteiger partial charge in [-0.1, -0.05) is 62.0 Å². The van der Waals surface area contributed by atoms with Crippen molar-refractivity contribution >= 4 is 39.5 Å². The first-order valence-electron chi connectivity index (χ1n) is 20.0. The second kappa shape index (κ2) is 15.7. The fourth-order valence-corrected chi connectivity index (χ4v) is 9.57. The van der Waals surface area contributed by atoms with Gasteiger partial charge in [0.2, 0.25) is 21.8 Å². The van der Waals surface area contributed by atoms with E-state index in [1.807, 2.05) is 49.4 Å². The van der Waals surface area contributed by atoms with Crippen LogP contribution in [0.3, 0.4) is 0 Å². The molecule has 7 rings (SSSR count). The van der Waals surface area contributed by atoms with Crippen LogP contribution in [-0.4, -0.2) is 78.6 Å². The maximum Gasteiger partial charge on any atom is 0.426 e. The zero-order valence-electron chi connectivity index (χ0n) is 32.6. The number of nitrogens with one attached hydrogen (secondary N) is 3. The SMILES string of the molecule is CC[C@@H]1C[C@]1(NC(=O)[C@@H]1C[C@@H]2C[C@H]1C(=O)N(NC(=O)OC(C)(C)C)CCCCCCCOc1ccc3c(c1)C(=NO2)c1ccccc1-3)C(=O)NS(=O)(=O)C1CC1. The Hall–Kier alpha value is -4.66. The molecule has 56 heavy (non-hydrogen) atoms. The molecule has 0 aromatic heterocycles. The Morgan fingerprint density at radius 3 is 2.39 bits per heavy atom. The second-order valence-electron chi connectivity index (χ2n) is 16.8. The Labute approximate surface area is 328 Å². The van der Waals surface area contributed by atoms with Crippen molar-refractivity contribution in [1.82, 2.24) is 20.5 Å². The van der Waals surface area contributed by atoms with Crippen molar-refractivity contribution in [3.63, 3.8) is 0 Å². The first-order valence-corrected chi connectivity index (χ1v) is 21.5. The summed E-state index contributed by atoms with van der Waals surface area (Å²) in [6.07, 6.45) is 4.49. The molecule has 0 radical (unpaired) electrons.